The fourth-order valence-electron chi connectivity index (χ4n) is 4.25. The molecule has 0 bridgehead atoms. The van der Waals surface area contributed by atoms with Crippen molar-refractivity contribution in [3.05, 3.63) is 97.5 Å². The number of halogens is 3. The molecule has 1 aliphatic heterocycles. The van der Waals surface area contributed by atoms with E-state index in [2.05, 4.69) is 0 Å². The van der Waals surface area contributed by atoms with Crippen molar-refractivity contribution in [1.29, 1.82) is 0 Å². The van der Waals surface area contributed by atoms with E-state index in [4.69, 9.17) is 39.8 Å². The van der Waals surface area contributed by atoms with Gasteiger partial charge in [-0.1, -0.05) is 58.3 Å². The molecule has 176 valence electrons. The molecule has 1 saturated heterocycles. The molecular weight excluding hydrogens is 527 g/mol. The molecule has 2 heterocycles. The molecule has 1 aliphatic rings. The third-order valence-electron chi connectivity index (χ3n) is 5.85. The summed E-state index contributed by atoms with van der Waals surface area (Å²) in [5, 5.41) is 12.6. The number of carbonyl (C=O) groups is 2. The van der Waals surface area contributed by atoms with Gasteiger partial charge in [0.15, 0.2) is 5.13 Å². The lowest BCUT2D eigenvalue weighted by Gasteiger charge is -2.23. The first-order valence-electron chi connectivity index (χ1n) is 10.6. The summed E-state index contributed by atoms with van der Waals surface area (Å²) in [4.78, 5) is 32.7. The summed E-state index contributed by atoms with van der Waals surface area (Å²) in [6.07, 6.45) is 0. The van der Waals surface area contributed by atoms with Crippen molar-refractivity contribution in [3.63, 3.8) is 0 Å². The van der Waals surface area contributed by atoms with Gasteiger partial charge in [0.1, 0.15) is 5.76 Å². The summed E-state index contributed by atoms with van der Waals surface area (Å²) in [6.45, 7) is 3.93. The number of thiazole rings is 1. The van der Waals surface area contributed by atoms with Crippen LogP contribution in [0.25, 0.3) is 16.0 Å². The van der Waals surface area contributed by atoms with Gasteiger partial charge in [-0.25, -0.2) is 4.98 Å². The average Bonchev–Trinajstić information content (AvgIpc) is 3.34. The maximum absolute atomic E-state index is 13.4. The van der Waals surface area contributed by atoms with Crippen LogP contribution in [0.5, 0.6) is 0 Å². The number of ketones is 1. The maximum atomic E-state index is 13.4. The number of amides is 1. The summed E-state index contributed by atoms with van der Waals surface area (Å²) in [5.74, 6) is -1.92. The highest BCUT2D eigenvalue weighted by Crippen LogP contribution is 2.45. The van der Waals surface area contributed by atoms with Crippen LogP contribution in [0, 0.1) is 13.8 Å². The van der Waals surface area contributed by atoms with Crippen LogP contribution in [-0.2, 0) is 9.59 Å². The topological polar surface area (TPSA) is 70.5 Å². The van der Waals surface area contributed by atoms with Crippen molar-refractivity contribution in [2.45, 2.75) is 19.9 Å². The highest BCUT2D eigenvalue weighted by Gasteiger charge is 2.48. The van der Waals surface area contributed by atoms with Crippen LogP contribution >= 0.6 is 46.1 Å². The Morgan fingerprint density at radius 3 is 2.37 bits per heavy atom. The number of carbonyl (C=O) groups excluding carboxylic acids is 2. The summed E-state index contributed by atoms with van der Waals surface area (Å²) < 4.78 is 0.894. The maximum Gasteiger partial charge on any atom is 0.301 e. The standard InChI is InChI=1S/C26H17Cl3N2O3S/c1-12-9-13(2)21-19(10-12)35-26(30-21)31-22(15-5-8-17(28)18(29)11-15)20(24(33)25(31)34)23(32)14-3-6-16(27)7-4-14/h3-11,22,32H,1-2H3/b23-20+. The number of aryl methyl sites for hydroxylation is 2. The van der Waals surface area contributed by atoms with E-state index < -0.39 is 17.7 Å². The van der Waals surface area contributed by atoms with Crippen LogP contribution in [0.4, 0.5) is 5.13 Å². The Morgan fingerprint density at radius 1 is 0.971 bits per heavy atom. The van der Waals surface area contributed by atoms with E-state index in [0.29, 0.717) is 26.3 Å². The van der Waals surface area contributed by atoms with E-state index in [-0.39, 0.29) is 16.4 Å². The number of aliphatic hydroxyl groups is 1. The minimum absolute atomic E-state index is 0.0668. The molecule has 3 aromatic carbocycles. The second kappa shape index (κ2) is 8.95. The molecule has 1 atom stereocenters. The molecule has 1 amide bonds. The molecule has 0 radical (unpaired) electrons. The molecule has 9 heteroatoms. The van der Waals surface area contributed by atoms with Crippen molar-refractivity contribution >= 4 is 78.9 Å². The zero-order chi connectivity index (χ0) is 25.0. The quantitative estimate of drug-likeness (QED) is 0.165. The number of hydrogen-bond acceptors (Lipinski definition) is 5. The van der Waals surface area contributed by atoms with E-state index in [9.17, 15) is 14.7 Å². The largest absolute Gasteiger partial charge is 0.507 e. The number of benzene rings is 3. The van der Waals surface area contributed by atoms with Gasteiger partial charge in [0.05, 0.1) is 31.9 Å². The molecule has 5 nitrogen and oxygen atoms in total. The Balaban J connectivity index is 1.76. The number of fused-ring (bicyclic) bond motifs is 1. The molecule has 0 saturated carbocycles. The summed E-state index contributed by atoms with van der Waals surface area (Å²) in [5.41, 5.74) is 3.59. The zero-order valence-electron chi connectivity index (χ0n) is 18.5. The van der Waals surface area contributed by atoms with Crippen molar-refractivity contribution in [2.75, 3.05) is 4.90 Å². The number of Topliss-reactive ketones (excluding diaryl/α,β-unsaturated/α-hetero) is 1. The van der Waals surface area contributed by atoms with Crippen LogP contribution in [0.1, 0.15) is 28.3 Å². The third-order valence-corrected chi connectivity index (χ3v) is 7.84. The molecule has 1 unspecified atom stereocenters. The van der Waals surface area contributed by atoms with Crippen LogP contribution in [0.3, 0.4) is 0 Å². The van der Waals surface area contributed by atoms with Crippen LogP contribution in [0.2, 0.25) is 15.1 Å². The molecular formula is C26H17Cl3N2O3S. The first-order valence-corrected chi connectivity index (χ1v) is 12.5. The van der Waals surface area contributed by atoms with Gasteiger partial charge >= 0.3 is 5.91 Å². The number of hydrogen-bond donors (Lipinski definition) is 1. The lowest BCUT2D eigenvalue weighted by Crippen LogP contribution is -2.29. The lowest BCUT2D eigenvalue weighted by atomic mass is 9.95. The molecule has 0 aliphatic carbocycles. The average molecular weight is 544 g/mol. The fraction of sp³-hybridized carbons (Fsp3) is 0.115. The van der Waals surface area contributed by atoms with Crippen molar-refractivity contribution in [3.8, 4) is 0 Å². The molecule has 4 aromatic rings. The Morgan fingerprint density at radius 2 is 1.69 bits per heavy atom. The molecule has 1 fully saturated rings. The second-order valence-electron chi connectivity index (χ2n) is 8.27. The predicted octanol–water partition coefficient (Wildman–Crippen LogP) is 7.50. The predicted molar refractivity (Wildman–Crippen MR) is 142 cm³/mol. The van der Waals surface area contributed by atoms with E-state index in [1.54, 1.807) is 42.5 Å². The monoisotopic (exact) mass is 542 g/mol. The normalized spacial score (nSPS) is 17.5. The molecule has 35 heavy (non-hydrogen) atoms. The van der Waals surface area contributed by atoms with Crippen LogP contribution < -0.4 is 4.90 Å². The van der Waals surface area contributed by atoms with Crippen molar-refractivity contribution < 1.29 is 14.7 Å². The van der Waals surface area contributed by atoms with Gasteiger partial charge in [-0.2, -0.15) is 0 Å². The first-order chi connectivity index (χ1) is 16.7. The summed E-state index contributed by atoms with van der Waals surface area (Å²) in [6, 6.07) is 14.3. The van der Waals surface area contributed by atoms with Crippen LogP contribution in [0.15, 0.2) is 60.2 Å². The van der Waals surface area contributed by atoms with E-state index in [0.717, 1.165) is 21.3 Å². The van der Waals surface area contributed by atoms with Gasteiger partial charge in [-0.3, -0.25) is 14.5 Å². The zero-order valence-corrected chi connectivity index (χ0v) is 21.6. The third kappa shape index (κ3) is 4.10. The molecule has 1 N–H and O–H groups in total. The van der Waals surface area contributed by atoms with Gasteiger partial charge in [-0.05, 0) is 73.0 Å². The Bertz CT molecular complexity index is 1560. The molecule has 5 rings (SSSR count). The fourth-order valence-corrected chi connectivity index (χ4v) is 5.85. The van der Waals surface area contributed by atoms with E-state index in [1.165, 1.54) is 16.2 Å². The Kier molecular flexibility index (Phi) is 6.09. The number of aliphatic hydroxyl groups excluding tert-OH is 1. The van der Waals surface area contributed by atoms with Gasteiger partial charge in [0.25, 0.3) is 5.78 Å². The lowest BCUT2D eigenvalue weighted by molar-refractivity contribution is -0.132. The molecule has 0 spiro atoms. The highest BCUT2D eigenvalue weighted by atomic mass is 35.5. The van der Waals surface area contributed by atoms with Gasteiger partial charge in [0, 0.05) is 10.6 Å². The Labute approximate surface area is 220 Å². The Hall–Kier alpha value is -2.90. The number of anilines is 1. The summed E-state index contributed by atoms with van der Waals surface area (Å²) >= 11 is 19.7. The van der Waals surface area contributed by atoms with Gasteiger partial charge in [-0.15, -0.1) is 0 Å². The van der Waals surface area contributed by atoms with Crippen molar-refractivity contribution in [2.24, 2.45) is 0 Å². The van der Waals surface area contributed by atoms with Gasteiger partial charge in [0.2, 0.25) is 0 Å². The SMILES string of the molecule is Cc1cc(C)c2nc(N3C(=O)C(=O)/C(=C(/O)c4ccc(Cl)cc4)C3c3ccc(Cl)c(Cl)c3)sc2c1. The number of aromatic nitrogens is 1. The highest BCUT2D eigenvalue weighted by molar-refractivity contribution is 7.22. The van der Waals surface area contributed by atoms with E-state index >= 15 is 0 Å². The van der Waals surface area contributed by atoms with E-state index in [1.807, 2.05) is 26.0 Å². The van der Waals surface area contributed by atoms with Crippen molar-refractivity contribution in [1.82, 2.24) is 4.98 Å². The summed E-state index contributed by atoms with van der Waals surface area (Å²) in [7, 11) is 0. The number of rotatable bonds is 3. The smallest absolute Gasteiger partial charge is 0.301 e. The second-order valence-corrected chi connectivity index (χ2v) is 10.5. The minimum Gasteiger partial charge on any atom is -0.507 e. The van der Waals surface area contributed by atoms with Crippen LogP contribution in [-0.4, -0.2) is 21.8 Å². The number of nitrogens with zero attached hydrogens (tertiary/aromatic N) is 2. The van der Waals surface area contributed by atoms with Gasteiger partial charge < -0.3 is 5.11 Å². The first kappa shape index (κ1) is 23.8. The minimum atomic E-state index is -0.956. The molecule has 1 aromatic heterocycles.